The van der Waals surface area contributed by atoms with E-state index in [0.717, 1.165) is 16.6 Å². The minimum atomic E-state index is 0.967. The molecule has 0 spiro atoms. The fourth-order valence-corrected chi connectivity index (χ4v) is 2.53. The highest BCUT2D eigenvalue weighted by molar-refractivity contribution is 7.00. The van der Waals surface area contributed by atoms with E-state index in [-0.39, 0.29) is 0 Å². The van der Waals surface area contributed by atoms with Gasteiger partial charge in [-0.3, -0.25) is 0 Å². The van der Waals surface area contributed by atoms with Gasteiger partial charge in [0.05, 0.1) is 11.7 Å². The fourth-order valence-electron chi connectivity index (χ4n) is 1.98. The molecule has 0 bridgehead atoms. The normalized spacial score (nSPS) is 10.8. The van der Waals surface area contributed by atoms with Crippen molar-refractivity contribution in [1.82, 2.24) is 8.75 Å². The second kappa shape index (κ2) is 4.38. The Kier molecular flexibility index (Phi) is 2.72. The molecule has 90 valence electrons. The van der Waals surface area contributed by atoms with Crippen molar-refractivity contribution in [3.63, 3.8) is 0 Å². The minimum absolute atomic E-state index is 0.967. The third-order valence-corrected chi connectivity index (χ3v) is 3.52. The first-order valence-corrected chi connectivity index (χ1v) is 6.48. The maximum atomic E-state index is 4.37. The first-order valence-electron chi connectivity index (χ1n) is 5.75. The van der Waals surface area contributed by atoms with E-state index in [2.05, 4.69) is 44.0 Å². The SMILES string of the molecule is CN(C)c1ccc(-c2cccc3nsnc23)cc1. The summed E-state index contributed by atoms with van der Waals surface area (Å²) in [6, 6.07) is 14.6. The molecule has 3 nitrogen and oxygen atoms in total. The molecule has 0 saturated heterocycles. The lowest BCUT2D eigenvalue weighted by Crippen LogP contribution is -2.07. The highest BCUT2D eigenvalue weighted by Gasteiger charge is 2.07. The molecule has 0 saturated carbocycles. The van der Waals surface area contributed by atoms with Crippen LogP contribution in [0.5, 0.6) is 0 Å². The Hall–Kier alpha value is -1.94. The zero-order valence-corrected chi connectivity index (χ0v) is 11.1. The number of anilines is 1. The second-order valence-corrected chi connectivity index (χ2v) is 4.91. The lowest BCUT2D eigenvalue weighted by atomic mass is 10.0. The Balaban J connectivity index is 2.11. The maximum Gasteiger partial charge on any atom is 0.112 e. The summed E-state index contributed by atoms with van der Waals surface area (Å²) in [6.07, 6.45) is 0. The summed E-state index contributed by atoms with van der Waals surface area (Å²) in [4.78, 5) is 2.09. The van der Waals surface area contributed by atoms with E-state index in [1.807, 2.05) is 26.2 Å². The topological polar surface area (TPSA) is 29.0 Å². The van der Waals surface area contributed by atoms with Gasteiger partial charge in [0.2, 0.25) is 0 Å². The van der Waals surface area contributed by atoms with Gasteiger partial charge in [0, 0.05) is 25.3 Å². The van der Waals surface area contributed by atoms with Crippen LogP contribution in [0.25, 0.3) is 22.2 Å². The van der Waals surface area contributed by atoms with Gasteiger partial charge in [-0.2, -0.15) is 8.75 Å². The molecule has 0 unspecified atom stereocenters. The minimum Gasteiger partial charge on any atom is -0.378 e. The van der Waals surface area contributed by atoms with Gasteiger partial charge in [0.15, 0.2) is 0 Å². The summed E-state index contributed by atoms with van der Waals surface area (Å²) in [5.41, 5.74) is 5.47. The lowest BCUT2D eigenvalue weighted by molar-refractivity contribution is 1.13. The highest BCUT2D eigenvalue weighted by Crippen LogP contribution is 2.28. The molecule has 3 aromatic rings. The van der Waals surface area contributed by atoms with E-state index < -0.39 is 0 Å². The van der Waals surface area contributed by atoms with E-state index in [1.165, 1.54) is 23.0 Å². The van der Waals surface area contributed by atoms with Gasteiger partial charge in [-0.1, -0.05) is 24.3 Å². The highest BCUT2D eigenvalue weighted by atomic mass is 32.1. The molecule has 1 heterocycles. The number of hydrogen-bond donors (Lipinski definition) is 0. The van der Waals surface area contributed by atoms with Crippen molar-refractivity contribution in [3.8, 4) is 11.1 Å². The van der Waals surface area contributed by atoms with Crippen LogP contribution in [0.15, 0.2) is 42.5 Å². The summed E-state index contributed by atoms with van der Waals surface area (Å²) in [5, 5.41) is 0. The number of hydrogen-bond acceptors (Lipinski definition) is 4. The Morgan fingerprint density at radius 2 is 1.72 bits per heavy atom. The van der Waals surface area contributed by atoms with Gasteiger partial charge in [0.1, 0.15) is 11.0 Å². The zero-order valence-electron chi connectivity index (χ0n) is 10.3. The average Bonchev–Trinajstić information content (AvgIpc) is 2.87. The average molecular weight is 255 g/mol. The van der Waals surface area contributed by atoms with Gasteiger partial charge >= 0.3 is 0 Å². The molecule has 0 atom stereocenters. The molecule has 3 rings (SSSR count). The molecule has 2 aromatic carbocycles. The van der Waals surface area contributed by atoms with E-state index in [9.17, 15) is 0 Å². The van der Waals surface area contributed by atoms with Gasteiger partial charge in [0.25, 0.3) is 0 Å². The van der Waals surface area contributed by atoms with Gasteiger partial charge < -0.3 is 4.90 Å². The molecule has 18 heavy (non-hydrogen) atoms. The van der Waals surface area contributed by atoms with Crippen LogP contribution < -0.4 is 4.90 Å². The van der Waals surface area contributed by atoms with Crippen LogP contribution in [0, 0.1) is 0 Å². The summed E-state index contributed by atoms with van der Waals surface area (Å²) in [6.45, 7) is 0. The number of benzene rings is 2. The van der Waals surface area contributed by atoms with Gasteiger partial charge in [-0.05, 0) is 23.8 Å². The molecular formula is C14H13N3S. The second-order valence-electron chi connectivity index (χ2n) is 4.38. The standard InChI is InChI=1S/C14H13N3S/c1-17(2)11-8-6-10(7-9-11)12-4-3-5-13-14(12)16-18-15-13/h3-9H,1-2H3. The Morgan fingerprint density at radius 3 is 2.44 bits per heavy atom. The molecule has 0 aliphatic heterocycles. The number of rotatable bonds is 2. The van der Waals surface area contributed by atoms with E-state index in [0.29, 0.717) is 0 Å². The van der Waals surface area contributed by atoms with Gasteiger partial charge in [-0.25, -0.2) is 0 Å². The number of nitrogens with zero attached hydrogens (tertiary/aromatic N) is 3. The van der Waals surface area contributed by atoms with Crippen LogP contribution in [0.2, 0.25) is 0 Å². The summed E-state index contributed by atoms with van der Waals surface area (Å²) in [5.74, 6) is 0. The predicted octanol–water partition coefficient (Wildman–Crippen LogP) is 3.42. The molecule has 0 aliphatic carbocycles. The van der Waals surface area contributed by atoms with Gasteiger partial charge in [-0.15, -0.1) is 0 Å². The first-order chi connectivity index (χ1) is 8.75. The molecule has 0 N–H and O–H groups in total. The zero-order chi connectivity index (χ0) is 12.5. The van der Waals surface area contributed by atoms with Crippen molar-refractivity contribution in [2.45, 2.75) is 0 Å². The smallest absolute Gasteiger partial charge is 0.112 e. The van der Waals surface area contributed by atoms with E-state index >= 15 is 0 Å². The molecule has 0 amide bonds. The molecule has 4 heteroatoms. The van der Waals surface area contributed by atoms with Crippen molar-refractivity contribution < 1.29 is 0 Å². The van der Waals surface area contributed by atoms with Crippen molar-refractivity contribution in [2.24, 2.45) is 0 Å². The maximum absolute atomic E-state index is 4.37. The fraction of sp³-hybridized carbons (Fsp3) is 0.143. The van der Waals surface area contributed by atoms with Crippen molar-refractivity contribution >= 4 is 28.4 Å². The first kappa shape index (κ1) is 11.2. The Bertz CT molecular complexity index is 671. The predicted molar refractivity (Wildman–Crippen MR) is 77.2 cm³/mol. The molecule has 1 aromatic heterocycles. The molecule has 0 fully saturated rings. The Labute approximate surface area is 110 Å². The Morgan fingerprint density at radius 1 is 0.944 bits per heavy atom. The molecule has 0 aliphatic rings. The molecule has 0 radical (unpaired) electrons. The monoisotopic (exact) mass is 255 g/mol. The largest absolute Gasteiger partial charge is 0.378 e. The van der Waals surface area contributed by atoms with Crippen molar-refractivity contribution in [1.29, 1.82) is 0 Å². The van der Waals surface area contributed by atoms with Crippen molar-refractivity contribution in [2.75, 3.05) is 19.0 Å². The summed E-state index contributed by atoms with van der Waals surface area (Å²) in [7, 11) is 4.08. The third kappa shape index (κ3) is 1.84. The van der Waals surface area contributed by atoms with Crippen LogP contribution in [-0.2, 0) is 0 Å². The molecular weight excluding hydrogens is 242 g/mol. The quantitative estimate of drug-likeness (QED) is 0.702. The van der Waals surface area contributed by atoms with Crippen LogP contribution in [0.1, 0.15) is 0 Å². The van der Waals surface area contributed by atoms with E-state index in [4.69, 9.17) is 0 Å². The number of aromatic nitrogens is 2. The third-order valence-electron chi connectivity index (χ3n) is 2.98. The summed E-state index contributed by atoms with van der Waals surface area (Å²) < 4.78 is 8.65. The van der Waals surface area contributed by atoms with Crippen LogP contribution >= 0.6 is 11.7 Å². The number of fused-ring (bicyclic) bond motifs is 1. The van der Waals surface area contributed by atoms with Crippen LogP contribution in [0.3, 0.4) is 0 Å². The van der Waals surface area contributed by atoms with Crippen molar-refractivity contribution in [3.05, 3.63) is 42.5 Å². The lowest BCUT2D eigenvalue weighted by Gasteiger charge is -2.12. The van der Waals surface area contributed by atoms with Crippen LogP contribution in [0.4, 0.5) is 5.69 Å². The van der Waals surface area contributed by atoms with E-state index in [1.54, 1.807) is 0 Å². The van der Waals surface area contributed by atoms with Crippen LogP contribution in [-0.4, -0.2) is 22.8 Å². The summed E-state index contributed by atoms with van der Waals surface area (Å²) >= 11 is 1.26.